The van der Waals surface area contributed by atoms with Crippen LogP contribution in [0, 0.1) is 5.92 Å². The zero-order chi connectivity index (χ0) is 20.3. The summed E-state index contributed by atoms with van der Waals surface area (Å²) in [7, 11) is 0. The molecule has 0 saturated heterocycles. The van der Waals surface area contributed by atoms with Crippen LogP contribution in [0.3, 0.4) is 0 Å². The zero-order valence-corrected chi connectivity index (χ0v) is 16.4. The van der Waals surface area contributed by atoms with Gasteiger partial charge in [0.05, 0.1) is 6.04 Å². The SMILES string of the molecule is O=C(N[C@@H](c1ccccc1)C1CC1)c1ccc(-c2nnc(-c3ccccc3)o2)cc1. The second-order valence-corrected chi connectivity index (χ2v) is 7.55. The van der Waals surface area contributed by atoms with Crippen LogP contribution in [-0.2, 0) is 0 Å². The first-order chi connectivity index (χ1) is 14.8. The molecule has 1 aromatic heterocycles. The summed E-state index contributed by atoms with van der Waals surface area (Å²) in [5, 5.41) is 11.5. The lowest BCUT2D eigenvalue weighted by Crippen LogP contribution is -2.29. The molecule has 0 aliphatic heterocycles. The highest BCUT2D eigenvalue weighted by Crippen LogP contribution is 2.41. The summed E-state index contributed by atoms with van der Waals surface area (Å²) in [6, 6.07) is 27.1. The van der Waals surface area contributed by atoms with Crippen LogP contribution in [0.25, 0.3) is 22.9 Å². The summed E-state index contributed by atoms with van der Waals surface area (Å²) in [5.41, 5.74) is 3.43. The highest BCUT2D eigenvalue weighted by molar-refractivity contribution is 5.94. The van der Waals surface area contributed by atoms with Gasteiger partial charge in [-0.3, -0.25) is 4.79 Å². The van der Waals surface area contributed by atoms with Gasteiger partial charge in [-0.25, -0.2) is 0 Å². The minimum atomic E-state index is -0.0715. The fourth-order valence-corrected chi connectivity index (χ4v) is 3.59. The molecule has 4 aromatic rings. The lowest BCUT2D eigenvalue weighted by Gasteiger charge is -2.19. The number of nitrogens with one attached hydrogen (secondary N) is 1. The van der Waals surface area contributed by atoms with Crippen LogP contribution in [-0.4, -0.2) is 16.1 Å². The molecule has 3 aromatic carbocycles. The number of hydrogen-bond donors (Lipinski definition) is 1. The van der Waals surface area contributed by atoms with Crippen molar-refractivity contribution in [1.29, 1.82) is 0 Å². The molecule has 5 rings (SSSR count). The van der Waals surface area contributed by atoms with Crippen molar-refractivity contribution in [2.75, 3.05) is 0 Å². The molecule has 1 saturated carbocycles. The molecular weight excluding hydrogens is 374 g/mol. The van der Waals surface area contributed by atoms with Crippen LogP contribution in [0.2, 0.25) is 0 Å². The average Bonchev–Trinajstić information content (AvgIpc) is 3.53. The number of hydrogen-bond acceptors (Lipinski definition) is 4. The predicted molar refractivity (Wildman–Crippen MR) is 115 cm³/mol. The number of amides is 1. The van der Waals surface area contributed by atoms with E-state index in [0.29, 0.717) is 23.3 Å². The summed E-state index contributed by atoms with van der Waals surface area (Å²) >= 11 is 0. The number of aromatic nitrogens is 2. The van der Waals surface area contributed by atoms with E-state index >= 15 is 0 Å². The van der Waals surface area contributed by atoms with Gasteiger partial charge in [0.2, 0.25) is 11.8 Å². The van der Waals surface area contributed by atoms with Crippen LogP contribution in [0.1, 0.15) is 34.8 Å². The Morgan fingerprint density at radius 2 is 1.37 bits per heavy atom. The van der Waals surface area contributed by atoms with E-state index in [4.69, 9.17) is 4.42 Å². The molecule has 30 heavy (non-hydrogen) atoms. The fourth-order valence-electron chi connectivity index (χ4n) is 3.59. The lowest BCUT2D eigenvalue weighted by atomic mass is 10.0. The Labute approximate surface area is 174 Å². The number of carbonyl (C=O) groups is 1. The van der Waals surface area contributed by atoms with Gasteiger partial charge in [0, 0.05) is 16.7 Å². The van der Waals surface area contributed by atoms with E-state index in [1.54, 1.807) is 12.1 Å². The molecule has 0 spiro atoms. The summed E-state index contributed by atoms with van der Waals surface area (Å²) < 4.78 is 5.80. The van der Waals surface area contributed by atoms with E-state index in [0.717, 1.165) is 29.5 Å². The molecule has 0 radical (unpaired) electrons. The van der Waals surface area contributed by atoms with Crippen molar-refractivity contribution in [3.63, 3.8) is 0 Å². The third-order valence-electron chi connectivity index (χ3n) is 5.38. The van der Waals surface area contributed by atoms with E-state index < -0.39 is 0 Å². The monoisotopic (exact) mass is 395 g/mol. The Hall–Kier alpha value is -3.73. The van der Waals surface area contributed by atoms with Crippen LogP contribution < -0.4 is 5.32 Å². The maximum absolute atomic E-state index is 12.8. The van der Waals surface area contributed by atoms with Crippen molar-refractivity contribution in [1.82, 2.24) is 15.5 Å². The van der Waals surface area contributed by atoms with E-state index in [1.165, 1.54) is 0 Å². The molecule has 1 aliphatic carbocycles. The largest absolute Gasteiger partial charge is 0.416 e. The Kier molecular flexibility index (Phi) is 4.85. The Bertz CT molecular complexity index is 1130. The smallest absolute Gasteiger partial charge is 0.251 e. The first-order valence-electron chi connectivity index (χ1n) is 10.1. The van der Waals surface area contributed by atoms with E-state index in [2.05, 4.69) is 27.6 Å². The topological polar surface area (TPSA) is 68.0 Å². The van der Waals surface area contributed by atoms with Crippen molar-refractivity contribution in [3.8, 4) is 22.9 Å². The number of rotatable bonds is 6. The average molecular weight is 395 g/mol. The summed E-state index contributed by atoms with van der Waals surface area (Å²) in [5.74, 6) is 1.35. The maximum Gasteiger partial charge on any atom is 0.251 e. The van der Waals surface area contributed by atoms with Crippen molar-refractivity contribution in [2.45, 2.75) is 18.9 Å². The predicted octanol–water partition coefficient (Wildman–Crippen LogP) is 5.28. The van der Waals surface area contributed by atoms with Crippen molar-refractivity contribution in [2.24, 2.45) is 5.92 Å². The Balaban J connectivity index is 1.31. The highest BCUT2D eigenvalue weighted by Gasteiger charge is 2.33. The molecular formula is C25H21N3O2. The van der Waals surface area contributed by atoms with Crippen molar-refractivity contribution < 1.29 is 9.21 Å². The first kappa shape index (κ1) is 18.3. The summed E-state index contributed by atoms with van der Waals surface area (Å²) in [6.07, 6.45) is 2.30. The third kappa shape index (κ3) is 3.87. The van der Waals surface area contributed by atoms with Crippen LogP contribution >= 0.6 is 0 Å². The second kappa shape index (κ2) is 7.95. The van der Waals surface area contributed by atoms with Gasteiger partial charge in [-0.05, 0) is 60.7 Å². The number of benzene rings is 3. The molecule has 0 unspecified atom stereocenters. The van der Waals surface area contributed by atoms with Gasteiger partial charge in [0.25, 0.3) is 5.91 Å². The molecule has 1 N–H and O–H groups in total. The normalized spacial score (nSPS) is 14.3. The quantitative estimate of drug-likeness (QED) is 0.482. The summed E-state index contributed by atoms with van der Waals surface area (Å²) in [6.45, 7) is 0. The van der Waals surface area contributed by atoms with Gasteiger partial charge >= 0.3 is 0 Å². The van der Waals surface area contributed by atoms with Gasteiger partial charge in [0.15, 0.2) is 0 Å². The molecule has 1 aliphatic rings. The zero-order valence-electron chi connectivity index (χ0n) is 16.4. The minimum absolute atomic E-state index is 0.0581. The highest BCUT2D eigenvalue weighted by atomic mass is 16.4. The molecule has 5 nitrogen and oxygen atoms in total. The third-order valence-corrected chi connectivity index (χ3v) is 5.38. The molecule has 1 fully saturated rings. The van der Waals surface area contributed by atoms with E-state index in [1.807, 2.05) is 60.7 Å². The second-order valence-electron chi connectivity index (χ2n) is 7.55. The Morgan fingerprint density at radius 3 is 1.97 bits per heavy atom. The van der Waals surface area contributed by atoms with Gasteiger partial charge in [-0.1, -0.05) is 48.5 Å². The number of nitrogens with zero attached hydrogens (tertiary/aromatic N) is 2. The summed E-state index contributed by atoms with van der Waals surface area (Å²) in [4.78, 5) is 12.8. The fraction of sp³-hybridized carbons (Fsp3) is 0.160. The molecule has 1 heterocycles. The Morgan fingerprint density at radius 1 is 0.800 bits per heavy atom. The van der Waals surface area contributed by atoms with Crippen molar-refractivity contribution >= 4 is 5.91 Å². The lowest BCUT2D eigenvalue weighted by molar-refractivity contribution is 0.0931. The van der Waals surface area contributed by atoms with Gasteiger partial charge < -0.3 is 9.73 Å². The van der Waals surface area contributed by atoms with Gasteiger partial charge in [0.1, 0.15) is 0 Å². The van der Waals surface area contributed by atoms with E-state index in [-0.39, 0.29) is 11.9 Å². The van der Waals surface area contributed by atoms with Gasteiger partial charge in [-0.15, -0.1) is 10.2 Å². The van der Waals surface area contributed by atoms with Crippen LogP contribution in [0.4, 0.5) is 0 Å². The first-order valence-corrected chi connectivity index (χ1v) is 10.1. The van der Waals surface area contributed by atoms with Gasteiger partial charge in [-0.2, -0.15) is 0 Å². The van der Waals surface area contributed by atoms with Crippen LogP contribution in [0.5, 0.6) is 0 Å². The van der Waals surface area contributed by atoms with Crippen LogP contribution in [0.15, 0.2) is 89.3 Å². The molecule has 1 atom stereocenters. The standard InChI is InChI=1S/C25H21N3O2/c29-23(26-22(18-11-12-18)17-7-3-1-4-8-17)19-13-15-21(16-14-19)25-28-27-24(30-25)20-9-5-2-6-10-20/h1-10,13-16,18,22H,11-12H2,(H,26,29)/t22-/m0/s1. The number of carbonyl (C=O) groups excluding carboxylic acids is 1. The van der Waals surface area contributed by atoms with Crippen molar-refractivity contribution in [3.05, 3.63) is 96.1 Å². The molecule has 148 valence electrons. The van der Waals surface area contributed by atoms with E-state index in [9.17, 15) is 4.79 Å². The minimum Gasteiger partial charge on any atom is -0.416 e. The molecule has 0 bridgehead atoms. The molecule has 1 amide bonds. The maximum atomic E-state index is 12.8. The molecule has 5 heteroatoms.